The molecule has 1 fully saturated rings. The first-order valence-corrected chi connectivity index (χ1v) is 8.03. The molecule has 0 aliphatic heterocycles. The Balaban J connectivity index is 2.11. The van der Waals surface area contributed by atoms with Crippen LogP contribution in [0, 0.1) is 10.1 Å². The van der Waals surface area contributed by atoms with E-state index in [0.29, 0.717) is 12.4 Å². The first-order chi connectivity index (χ1) is 11.8. The highest BCUT2D eigenvalue weighted by molar-refractivity contribution is 5.95. The fourth-order valence-corrected chi connectivity index (χ4v) is 2.51. The highest BCUT2D eigenvalue weighted by atomic mass is 16.6. The number of carboxylic acid groups (broad SMARTS) is 1. The second-order valence-corrected chi connectivity index (χ2v) is 5.83. The molecule has 0 aromatic heterocycles. The van der Waals surface area contributed by atoms with Crippen LogP contribution in [0.1, 0.15) is 26.7 Å². The molecule has 9 nitrogen and oxygen atoms in total. The number of nitro benzene ring substituents is 1. The predicted octanol–water partition coefficient (Wildman–Crippen LogP) is 1.87. The number of anilines is 1. The van der Waals surface area contributed by atoms with Crippen LogP contribution in [0.5, 0.6) is 5.75 Å². The Morgan fingerprint density at radius 1 is 1.48 bits per heavy atom. The number of nitro groups is 1. The largest absolute Gasteiger partial charge is 0.494 e. The number of hydrogen-bond donors (Lipinski definition) is 2. The minimum atomic E-state index is -1.01. The van der Waals surface area contributed by atoms with Crippen LogP contribution in [0.2, 0.25) is 0 Å². The van der Waals surface area contributed by atoms with Crippen molar-refractivity contribution in [3.63, 3.8) is 0 Å². The molecular weight excluding hydrogens is 330 g/mol. The van der Waals surface area contributed by atoms with Crippen LogP contribution in [0.3, 0.4) is 0 Å². The van der Waals surface area contributed by atoms with Crippen molar-refractivity contribution < 1.29 is 24.4 Å². The summed E-state index contributed by atoms with van der Waals surface area (Å²) in [4.78, 5) is 35.6. The average Bonchev–Trinajstić information content (AvgIpc) is 3.38. The zero-order valence-electron chi connectivity index (χ0n) is 14.1. The Hall–Kier alpha value is -2.68. The van der Waals surface area contributed by atoms with Crippen molar-refractivity contribution in [2.75, 3.05) is 18.5 Å². The van der Waals surface area contributed by atoms with Gasteiger partial charge in [-0.05, 0) is 38.8 Å². The Labute approximate surface area is 144 Å². The molecule has 1 aromatic carbocycles. The number of benzene rings is 1. The third-order valence-electron chi connectivity index (χ3n) is 3.95. The molecule has 1 aliphatic carbocycles. The first-order valence-electron chi connectivity index (χ1n) is 8.03. The van der Waals surface area contributed by atoms with Gasteiger partial charge in [0.05, 0.1) is 24.1 Å². The molecule has 0 spiro atoms. The van der Waals surface area contributed by atoms with Gasteiger partial charge in [0.1, 0.15) is 17.5 Å². The van der Waals surface area contributed by atoms with Gasteiger partial charge in [0.15, 0.2) is 0 Å². The minimum Gasteiger partial charge on any atom is -0.494 e. The number of amides is 1. The molecule has 1 saturated carbocycles. The number of rotatable bonds is 9. The molecule has 1 atom stereocenters. The maximum atomic E-state index is 12.3. The third-order valence-corrected chi connectivity index (χ3v) is 3.95. The molecule has 0 bridgehead atoms. The molecule has 2 N–H and O–H groups in total. The van der Waals surface area contributed by atoms with Gasteiger partial charge in [-0.25, -0.2) is 0 Å². The van der Waals surface area contributed by atoms with Gasteiger partial charge >= 0.3 is 5.97 Å². The smallest absolute Gasteiger partial charge is 0.320 e. The van der Waals surface area contributed by atoms with Crippen molar-refractivity contribution >= 4 is 23.3 Å². The van der Waals surface area contributed by atoms with Crippen molar-refractivity contribution in [1.82, 2.24) is 4.90 Å². The van der Waals surface area contributed by atoms with Crippen LogP contribution in [-0.2, 0) is 9.59 Å². The molecule has 0 heterocycles. The molecule has 1 amide bonds. The van der Waals surface area contributed by atoms with E-state index in [2.05, 4.69) is 5.32 Å². The minimum absolute atomic E-state index is 0.0529. The molecular formula is C16H21N3O6. The van der Waals surface area contributed by atoms with E-state index in [1.165, 1.54) is 25.1 Å². The second-order valence-electron chi connectivity index (χ2n) is 5.83. The SMILES string of the molecule is CCOc1ccc(NC(=O)CN(C2CC2)C(C)C(=O)O)c([N+](=O)[O-])c1. The number of nitrogens with one attached hydrogen (secondary N) is 1. The van der Waals surface area contributed by atoms with E-state index in [0.717, 1.165) is 12.8 Å². The summed E-state index contributed by atoms with van der Waals surface area (Å²) in [6.07, 6.45) is 1.68. The van der Waals surface area contributed by atoms with E-state index in [9.17, 15) is 19.7 Å². The highest BCUT2D eigenvalue weighted by Crippen LogP contribution is 2.30. The fourth-order valence-electron chi connectivity index (χ4n) is 2.51. The molecule has 2 rings (SSSR count). The second kappa shape index (κ2) is 7.93. The number of ether oxygens (including phenoxy) is 1. The lowest BCUT2D eigenvalue weighted by atomic mass is 10.2. The molecule has 136 valence electrons. The van der Waals surface area contributed by atoms with Gasteiger partial charge in [-0.3, -0.25) is 24.6 Å². The van der Waals surface area contributed by atoms with Crippen LogP contribution >= 0.6 is 0 Å². The van der Waals surface area contributed by atoms with E-state index >= 15 is 0 Å². The first kappa shape index (κ1) is 18.7. The highest BCUT2D eigenvalue weighted by Gasteiger charge is 2.36. The van der Waals surface area contributed by atoms with Crippen LogP contribution in [0.15, 0.2) is 18.2 Å². The van der Waals surface area contributed by atoms with Gasteiger partial charge in [-0.2, -0.15) is 0 Å². The van der Waals surface area contributed by atoms with Gasteiger partial charge in [0.25, 0.3) is 5.69 Å². The zero-order valence-corrected chi connectivity index (χ0v) is 14.1. The van der Waals surface area contributed by atoms with Gasteiger partial charge < -0.3 is 15.2 Å². The van der Waals surface area contributed by atoms with Crippen LogP contribution in [0.25, 0.3) is 0 Å². The number of carbonyl (C=O) groups excluding carboxylic acids is 1. The summed E-state index contributed by atoms with van der Waals surface area (Å²) in [6, 6.07) is 3.45. The fraction of sp³-hybridized carbons (Fsp3) is 0.500. The Morgan fingerprint density at radius 3 is 2.68 bits per heavy atom. The molecule has 9 heteroatoms. The molecule has 1 aliphatic rings. The maximum Gasteiger partial charge on any atom is 0.320 e. The van der Waals surface area contributed by atoms with Gasteiger partial charge in [-0.15, -0.1) is 0 Å². The summed E-state index contributed by atoms with van der Waals surface area (Å²) in [5, 5.41) is 22.9. The van der Waals surface area contributed by atoms with E-state index in [-0.39, 0.29) is 24.0 Å². The maximum absolute atomic E-state index is 12.3. The molecule has 1 unspecified atom stereocenters. The van der Waals surface area contributed by atoms with E-state index in [1.54, 1.807) is 11.8 Å². The number of hydrogen-bond acceptors (Lipinski definition) is 6. The van der Waals surface area contributed by atoms with Crippen molar-refractivity contribution in [2.24, 2.45) is 0 Å². The van der Waals surface area contributed by atoms with Gasteiger partial charge in [0, 0.05) is 6.04 Å². The van der Waals surface area contributed by atoms with Crippen LogP contribution < -0.4 is 10.1 Å². The van der Waals surface area contributed by atoms with Crippen LogP contribution in [-0.4, -0.2) is 52.0 Å². The van der Waals surface area contributed by atoms with E-state index < -0.39 is 22.8 Å². The average molecular weight is 351 g/mol. The van der Waals surface area contributed by atoms with Crippen molar-refractivity contribution in [3.8, 4) is 5.75 Å². The molecule has 0 radical (unpaired) electrons. The normalized spacial score (nSPS) is 14.8. The summed E-state index contributed by atoms with van der Waals surface area (Å²) in [5.41, 5.74) is -0.222. The van der Waals surface area contributed by atoms with Crippen molar-refractivity contribution in [3.05, 3.63) is 28.3 Å². The summed E-state index contributed by atoms with van der Waals surface area (Å²) in [6.45, 7) is 3.51. The lowest BCUT2D eigenvalue weighted by Gasteiger charge is -2.25. The summed E-state index contributed by atoms with van der Waals surface area (Å²) < 4.78 is 5.23. The number of nitrogens with zero attached hydrogens (tertiary/aromatic N) is 2. The number of aliphatic carboxylic acids is 1. The number of carboxylic acids is 1. The van der Waals surface area contributed by atoms with Gasteiger partial charge in [0.2, 0.25) is 5.91 Å². The lowest BCUT2D eigenvalue weighted by Crippen LogP contribution is -2.44. The third kappa shape index (κ3) is 4.90. The Kier molecular flexibility index (Phi) is 5.92. The molecule has 0 saturated heterocycles. The quantitative estimate of drug-likeness (QED) is 0.514. The standard InChI is InChI=1S/C16H21N3O6/c1-3-25-12-6-7-13(14(8-12)19(23)24)17-15(20)9-18(11-4-5-11)10(2)16(21)22/h6-8,10-11H,3-5,9H2,1-2H3,(H,17,20)(H,21,22). The van der Waals surface area contributed by atoms with Crippen molar-refractivity contribution in [1.29, 1.82) is 0 Å². The molecule has 25 heavy (non-hydrogen) atoms. The van der Waals surface area contributed by atoms with Crippen molar-refractivity contribution in [2.45, 2.75) is 38.8 Å². The van der Waals surface area contributed by atoms with E-state index in [4.69, 9.17) is 9.84 Å². The number of carbonyl (C=O) groups is 2. The Bertz CT molecular complexity index is 674. The lowest BCUT2D eigenvalue weighted by molar-refractivity contribution is -0.384. The Morgan fingerprint density at radius 2 is 2.16 bits per heavy atom. The van der Waals surface area contributed by atoms with Gasteiger partial charge in [-0.1, -0.05) is 0 Å². The van der Waals surface area contributed by atoms with Crippen LogP contribution in [0.4, 0.5) is 11.4 Å². The zero-order chi connectivity index (χ0) is 18.6. The summed E-state index contributed by atoms with van der Waals surface area (Å²) in [5.74, 6) is -1.16. The summed E-state index contributed by atoms with van der Waals surface area (Å²) >= 11 is 0. The predicted molar refractivity (Wildman–Crippen MR) is 89.7 cm³/mol. The molecule has 1 aromatic rings. The summed E-state index contributed by atoms with van der Waals surface area (Å²) in [7, 11) is 0. The van der Waals surface area contributed by atoms with E-state index in [1.807, 2.05) is 0 Å². The topological polar surface area (TPSA) is 122 Å². The monoisotopic (exact) mass is 351 g/mol.